The summed E-state index contributed by atoms with van der Waals surface area (Å²) in [5.41, 5.74) is 1.77. The lowest BCUT2D eigenvalue weighted by Gasteiger charge is -2.18. The Morgan fingerprint density at radius 3 is 2.75 bits per heavy atom. The van der Waals surface area contributed by atoms with Crippen molar-refractivity contribution in [1.82, 2.24) is 0 Å². The van der Waals surface area contributed by atoms with E-state index < -0.39 is 17.8 Å². The van der Waals surface area contributed by atoms with Gasteiger partial charge in [0.15, 0.2) is 0 Å². The number of rotatable bonds is 5. The number of aliphatic carboxylic acids is 1. The number of carbonyl (C=O) groups is 2. The van der Waals surface area contributed by atoms with Gasteiger partial charge < -0.3 is 14.6 Å². The van der Waals surface area contributed by atoms with Crippen LogP contribution < -0.4 is 4.74 Å². The highest BCUT2D eigenvalue weighted by Gasteiger charge is 2.40. The summed E-state index contributed by atoms with van der Waals surface area (Å²) in [6.07, 6.45) is 0.490. The molecule has 1 aromatic carbocycles. The van der Waals surface area contributed by atoms with Gasteiger partial charge in [0.1, 0.15) is 5.75 Å². The Kier molecular flexibility index (Phi) is 4.27. The molecular formula is C15H18O5. The zero-order valence-corrected chi connectivity index (χ0v) is 11.6. The van der Waals surface area contributed by atoms with E-state index in [2.05, 4.69) is 0 Å². The van der Waals surface area contributed by atoms with Gasteiger partial charge >= 0.3 is 11.9 Å². The molecule has 1 aliphatic carbocycles. The van der Waals surface area contributed by atoms with Crippen molar-refractivity contribution in [3.8, 4) is 5.75 Å². The number of ether oxygens (including phenoxy) is 2. The Morgan fingerprint density at radius 1 is 1.40 bits per heavy atom. The molecule has 5 heteroatoms. The van der Waals surface area contributed by atoms with Crippen molar-refractivity contribution in [2.75, 3.05) is 13.7 Å². The first-order chi connectivity index (χ1) is 9.58. The standard InChI is InChI=1S/C15H18O5/c1-3-20-13(16)8-10-11(15(17)18)7-9-5-4-6-12(19-2)14(9)10/h4-6,10-11H,3,7-8H2,1-2H3,(H,17,18)/t10-,11+/m1/s1. The van der Waals surface area contributed by atoms with E-state index in [0.717, 1.165) is 11.1 Å². The van der Waals surface area contributed by atoms with Gasteiger partial charge in [-0.2, -0.15) is 0 Å². The molecule has 0 spiro atoms. The van der Waals surface area contributed by atoms with Crippen molar-refractivity contribution < 1.29 is 24.2 Å². The lowest BCUT2D eigenvalue weighted by atomic mass is 9.89. The fourth-order valence-electron chi connectivity index (χ4n) is 2.85. The van der Waals surface area contributed by atoms with Gasteiger partial charge in [0, 0.05) is 11.5 Å². The molecule has 0 bridgehead atoms. The molecule has 0 heterocycles. The molecule has 0 unspecified atom stereocenters. The van der Waals surface area contributed by atoms with Crippen molar-refractivity contribution in [3.63, 3.8) is 0 Å². The Morgan fingerprint density at radius 2 is 2.15 bits per heavy atom. The summed E-state index contributed by atoms with van der Waals surface area (Å²) in [6.45, 7) is 2.03. The largest absolute Gasteiger partial charge is 0.496 e. The molecule has 20 heavy (non-hydrogen) atoms. The van der Waals surface area contributed by atoms with Crippen LogP contribution in [-0.4, -0.2) is 30.8 Å². The third kappa shape index (κ3) is 2.61. The van der Waals surface area contributed by atoms with E-state index in [9.17, 15) is 14.7 Å². The molecule has 0 fully saturated rings. The zero-order valence-electron chi connectivity index (χ0n) is 11.6. The van der Waals surface area contributed by atoms with Gasteiger partial charge in [0.25, 0.3) is 0 Å². The van der Waals surface area contributed by atoms with Gasteiger partial charge in [0.05, 0.1) is 26.1 Å². The van der Waals surface area contributed by atoms with Crippen molar-refractivity contribution in [3.05, 3.63) is 29.3 Å². The molecule has 108 valence electrons. The molecule has 0 radical (unpaired) electrons. The summed E-state index contributed by atoms with van der Waals surface area (Å²) in [6, 6.07) is 5.52. The highest BCUT2D eigenvalue weighted by atomic mass is 16.5. The van der Waals surface area contributed by atoms with E-state index in [1.54, 1.807) is 20.1 Å². The second kappa shape index (κ2) is 5.94. The molecule has 1 aliphatic rings. The number of carboxylic acids is 1. The van der Waals surface area contributed by atoms with Crippen LogP contribution in [0.2, 0.25) is 0 Å². The number of hydrogen-bond donors (Lipinski definition) is 1. The molecule has 0 amide bonds. The quantitative estimate of drug-likeness (QED) is 0.834. The van der Waals surface area contributed by atoms with E-state index >= 15 is 0 Å². The summed E-state index contributed by atoms with van der Waals surface area (Å²) in [5.74, 6) is -1.62. The fourth-order valence-corrected chi connectivity index (χ4v) is 2.85. The van der Waals surface area contributed by atoms with Gasteiger partial charge in [-0.25, -0.2) is 0 Å². The first-order valence-corrected chi connectivity index (χ1v) is 6.62. The number of fused-ring (bicyclic) bond motifs is 1. The Hall–Kier alpha value is -2.04. The number of carbonyl (C=O) groups excluding carboxylic acids is 1. The number of carboxylic acid groups (broad SMARTS) is 1. The molecule has 0 aromatic heterocycles. The molecule has 2 rings (SSSR count). The van der Waals surface area contributed by atoms with Crippen LogP contribution in [0.1, 0.15) is 30.4 Å². The van der Waals surface area contributed by atoms with Gasteiger partial charge in [-0.3, -0.25) is 9.59 Å². The summed E-state index contributed by atoms with van der Waals surface area (Å²) < 4.78 is 10.3. The number of hydrogen-bond acceptors (Lipinski definition) is 4. The Bertz CT molecular complexity index is 523. The Balaban J connectivity index is 2.35. The summed E-state index contributed by atoms with van der Waals surface area (Å²) in [5, 5.41) is 9.37. The maximum absolute atomic E-state index is 11.7. The minimum Gasteiger partial charge on any atom is -0.496 e. The monoisotopic (exact) mass is 278 g/mol. The maximum atomic E-state index is 11.7. The SMILES string of the molecule is CCOC(=O)C[C@H]1c2c(cccc2OC)C[C@@H]1C(=O)O. The molecule has 1 aromatic rings. The zero-order chi connectivity index (χ0) is 14.7. The number of benzene rings is 1. The molecule has 5 nitrogen and oxygen atoms in total. The van der Waals surface area contributed by atoms with E-state index in [1.165, 1.54) is 0 Å². The third-order valence-corrected chi connectivity index (χ3v) is 3.68. The third-order valence-electron chi connectivity index (χ3n) is 3.68. The average molecular weight is 278 g/mol. The van der Waals surface area contributed by atoms with Crippen LogP contribution in [0, 0.1) is 5.92 Å². The summed E-state index contributed by atoms with van der Waals surface area (Å²) in [4.78, 5) is 23.1. The summed E-state index contributed by atoms with van der Waals surface area (Å²) in [7, 11) is 1.55. The molecule has 0 saturated carbocycles. The van der Waals surface area contributed by atoms with Crippen LogP contribution in [0.5, 0.6) is 5.75 Å². The van der Waals surface area contributed by atoms with Crippen LogP contribution >= 0.6 is 0 Å². The minimum atomic E-state index is -0.891. The second-order valence-corrected chi connectivity index (χ2v) is 4.80. The normalized spacial score (nSPS) is 20.3. The molecule has 0 aliphatic heterocycles. The van der Waals surface area contributed by atoms with Gasteiger partial charge in [0.2, 0.25) is 0 Å². The first kappa shape index (κ1) is 14.4. The molecule has 2 atom stereocenters. The lowest BCUT2D eigenvalue weighted by Crippen LogP contribution is -2.22. The first-order valence-electron chi connectivity index (χ1n) is 6.62. The summed E-state index contributed by atoms with van der Waals surface area (Å²) >= 11 is 0. The minimum absolute atomic E-state index is 0.0676. The lowest BCUT2D eigenvalue weighted by molar-refractivity contribution is -0.145. The molecule has 1 N–H and O–H groups in total. The van der Waals surface area contributed by atoms with Crippen molar-refractivity contribution >= 4 is 11.9 Å². The van der Waals surface area contributed by atoms with E-state index in [1.807, 2.05) is 12.1 Å². The number of esters is 1. The van der Waals surface area contributed by atoms with Crippen LogP contribution in [-0.2, 0) is 20.7 Å². The molecular weight excluding hydrogens is 260 g/mol. The predicted octanol–water partition coefficient (Wildman–Crippen LogP) is 1.99. The molecule has 0 saturated heterocycles. The number of methoxy groups -OCH3 is 1. The highest BCUT2D eigenvalue weighted by molar-refractivity contribution is 5.78. The van der Waals surface area contributed by atoms with Crippen LogP contribution in [0.4, 0.5) is 0 Å². The second-order valence-electron chi connectivity index (χ2n) is 4.80. The van der Waals surface area contributed by atoms with Crippen LogP contribution in [0.25, 0.3) is 0 Å². The predicted molar refractivity (Wildman–Crippen MR) is 71.8 cm³/mol. The fraction of sp³-hybridized carbons (Fsp3) is 0.467. The van der Waals surface area contributed by atoms with E-state index in [-0.39, 0.29) is 12.4 Å². The van der Waals surface area contributed by atoms with Gasteiger partial charge in [-0.05, 0) is 25.0 Å². The van der Waals surface area contributed by atoms with Crippen molar-refractivity contribution in [2.45, 2.75) is 25.7 Å². The Labute approximate surface area is 117 Å². The van der Waals surface area contributed by atoms with E-state index in [4.69, 9.17) is 9.47 Å². The van der Waals surface area contributed by atoms with Crippen molar-refractivity contribution in [1.29, 1.82) is 0 Å². The average Bonchev–Trinajstić information content (AvgIpc) is 2.78. The van der Waals surface area contributed by atoms with Crippen molar-refractivity contribution in [2.24, 2.45) is 5.92 Å². The van der Waals surface area contributed by atoms with E-state index in [0.29, 0.717) is 18.8 Å². The highest BCUT2D eigenvalue weighted by Crippen LogP contribution is 2.45. The topological polar surface area (TPSA) is 72.8 Å². The maximum Gasteiger partial charge on any atom is 0.307 e. The van der Waals surface area contributed by atoms with Gasteiger partial charge in [-0.1, -0.05) is 12.1 Å². The van der Waals surface area contributed by atoms with Crippen LogP contribution in [0.15, 0.2) is 18.2 Å². The van der Waals surface area contributed by atoms with Gasteiger partial charge in [-0.15, -0.1) is 0 Å². The smallest absolute Gasteiger partial charge is 0.307 e. The van der Waals surface area contributed by atoms with Crippen LogP contribution in [0.3, 0.4) is 0 Å².